The third-order valence-electron chi connectivity index (χ3n) is 2.79. The molecule has 2 rings (SSSR count). The van der Waals surface area contributed by atoms with Crippen LogP contribution in [-0.2, 0) is 4.79 Å². The smallest absolute Gasteiger partial charge is 0.233 e. The number of nitrogens with zero attached hydrogens (tertiary/aromatic N) is 2. The molecule has 0 fully saturated rings. The van der Waals surface area contributed by atoms with Crippen molar-refractivity contribution in [2.75, 3.05) is 5.32 Å². The predicted octanol–water partition coefficient (Wildman–Crippen LogP) is 3.60. The van der Waals surface area contributed by atoms with Crippen LogP contribution in [0.5, 0.6) is 0 Å². The minimum absolute atomic E-state index is 0.0169. The van der Waals surface area contributed by atoms with Gasteiger partial charge >= 0.3 is 0 Å². The fourth-order valence-corrected chi connectivity index (χ4v) is 3.60. The monoisotopic (exact) mass is 336 g/mol. The van der Waals surface area contributed by atoms with Crippen LogP contribution in [0.2, 0.25) is 0 Å². The Morgan fingerprint density at radius 3 is 2.50 bits per heavy atom. The lowest BCUT2D eigenvalue weighted by molar-refractivity contribution is -0.120. The van der Waals surface area contributed by atoms with Crippen LogP contribution in [0.3, 0.4) is 0 Å². The Kier molecular flexibility index (Phi) is 5.79. The number of hydrogen-bond acceptors (Lipinski definition) is 6. The number of aryl methyl sites for hydroxylation is 1. The number of hydrogen-bond donors (Lipinski definition) is 2. The molecule has 0 aliphatic heterocycles. The van der Waals surface area contributed by atoms with Gasteiger partial charge in [0.1, 0.15) is 0 Å². The zero-order valence-electron chi connectivity index (χ0n) is 13.1. The van der Waals surface area contributed by atoms with E-state index in [1.165, 1.54) is 28.7 Å². The zero-order chi connectivity index (χ0) is 16.1. The average Bonchev–Trinajstić information content (AvgIpc) is 2.88. The lowest BCUT2D eigenvalue weighted by atomic mass is 10.2. The standard InChI is InChI=1S/C15H20N4OS2/c1-9(2)16-13(20)11(4)21-15-19-18-14(22-15)17-12-7-5-10(3)6-8-12/h5-9,11H,1-4H3,(H,16,20)(H,17,18). The van der Waals surface area contributed by atoms with Crippen molar-refractivity contribution in [3.63, 3.8) is 0 Å². The normalized spacial score (nSPS) is 12.2. The Hall–Kier alpha value is -1.60. The number of benzene rings is 1. The number of amides is 1. The molecule has 2 aromatic rings. The molecule has 0 bridgehead atoms. The lowest BCUT2D eigenvalue weighted by Gasteiger charge is -2.12. The summed E-state index contributed by atoms with van der Waals surface area (Å²) < 4.78 is 0.779. The molecule has 1 atom stereocenters. The second-order valence-corrected chi connectivity index (χ2v) is 7.85. The van der Waals surface area contributed by atoms with Crippen molar-refractivity contribution >= 4 is 39.8 Å². The summed E-state index contributed by atoms with van der Waals surface area (Å²) >= 11 is 2.87. The summed E-state index contributed by atoms with van der Waals surface area (Å²) in [6, 6.07) is 8.22. The molecular weight excluding hydrogens is 316 g/mol. The van der Waals surface area contributed by atoms with Gasteiger partial charge in [0.2, 0.25) is 11.0 Å². The number of anilines is 2. The topological polar surface area (TPSA) is 66.9 Å². The average molecular weight is 336 g/mol. The minimum Gasteiger partial charge on any atom is -0.353 e. The van der Waals surface area contributed by atoms with Gasteiger partial charge in [-0.2, -0.15) is 0 Å². The Morgan fingerprint density at radius 2 is 1.86 bits per heavy atom. The molecule has 1 aromatic carbocycles. The third-order valence-corrected chi connectivity index (χ3v) is 4.81. The maximum atomic E-state index is 11.9. The first kappa shape index (κ1) is 16.8. The second kappa shape index (κ2) is 7.60. The van der Waals surface area contributed by atoms with Crippen LogP contribution in [-0.4, -0.2) is 27.4 Å². The van der Waals surface area contributed by atoms with Gasteiger partial charge in [-0.15, -0.1) is 10.2 Å². The highest BCUT2D eigenvalue weighted by atomic mass is 32.2. The van der Waals surface area contributed by atoms with Crippen LogP contribution in [0.1, 0.15) is 26.3 Å². The molecule has 22 heavy (non-hydrogen) atoms. The Morgan fingerprint density at radius 1 is 1.18 bits per heavy atom. The van der Waals surface area contributed by atoms with Crippen LogP contribution >= 0.6 is 23.1 Å². The molecule has 0 aliphatic rings. The predicted molar refractivity (Wildman–Crippen MR) is 93.0 cm³/mol. The number of carbonyl (C=O) groups is 1. The highest BCUT2D eigenvalue weighted by Crippen LogP contribution is 2.30. The third kappa shape index (κ3) is 4.99. The fourth-order valence-electron chi connectivity index (χ4n) is 1.67. The molecule has 2 N–H and O–H groups in total. The molecule has 1 unspecified atom stereocenters. The summed E-state index contributed by atoms with van der Waals surface area (Å²) in [6.45, 7) is 7.82. The van der Waals surface area contributed by atoms with E-state index in [2.05, 4.69) is 20.8 Å². The largest absolute Gasteiger partial charge is 0.353 e. The van der Waals surface area contributed by atoms with Crippen molar-refractivity contribution in [1.29, 1.82) is 0 Å². The van der Waals surface area contributed by atoms with E-state index in [-0.39, 0.29) is 17.2 Å². The molecule has 0 saturated carbocycles. The molecule has 0 radical (unpaired) electrons. The number of aromatic nitrogens is 2. The Labute approximate surface area is 138 Å². The summed E-state index contributed by atoms with van der Waals surface area (Å²) in [5.41, 5.74) is 2.19. The molecule has 118 valence electrons. The summed E-state index contributed by atoms with van der Waals surface area (Å²) in [6.07, 6.45) is 0. The first-order valence-corrected chi connectivity index (χ1v) is 8.78. The molecule has 5 nitrogen and oxygen atoms in total. The first-order chi connectivity index (χ1) is 10.4. The van der Waals surface area contributed by atoms with Gasteiger partial charge in [0.05, 0.1) is 5.25 Å². The van der Waals surface area contributed by atoms with Crippen molar-refractivity contribution in [1.82, 2.24) is 15.5 Å². The molecule has 1 heterocycles. The van der Waals surface area contributed by atoms with Crippen molar-refractivity contribution < 1.29 is 4.79 Å². The van der Waals surface area contributed by atoms with E-state index in [9.17, 15) is 4.79 Å². The van der Waals surface area contributed by atoms with Gasteiger partial charge < -0.3 is 10.6 Å². The summed E-state index contributed by atoms with van der Waals surface area (Å²) in [5.74, 6) is 0.0169. The van der Waals surface area contributed by atoms with Gasteiger partial charge in [0.25, 0.3) is 0 Å². The maximum absolute atomic E-state index is 11.9. The molecular formula is C15H20N4OS2. The van der Waals surface area contributed by atoms with E-state index < -0.39 is 0 Å². The number of nitrogens with one attached hydrogen (secondary N) is 2. The van der Waals surface area contributed by atoms with Crippen molar-refractivity contribution in [3.8, 4) is 0 Å². The zero-order valence-corrected chi connectivity index (χ0v) is 14.7. The van der Waals surface area contributed by atoms with Crippen molar-refractivity contribution in [3.05, 3.63) is 29.8 Å². The fraction of sp³-hybridized carbons (Fsp3) is 0.400. The van der Waals surface area contributed by atoms with Gasteiger partial charge in [-0.05, 0) is 39.8 Å². The number of rotatable bonds is 6. The maximum Gasteiger partial charge on any atom is 0.233 e. The van der Waals surface area contributed by atoms with E-state index >= 15 is 0 Å². The second-order valence-electron chi connectivity index (χ2n) is 5.29. The summed E-state index contributed by atoms with van der Waals surface area (Å²) in [5, 5.41) is 14.9. The quantitative estimate of drug-likeness (QED) is 0.789. The van der Waals surface area contributed by atoms with E-state index in [0.717, 1.165) is 15.2 Å². The van der Waals surface area contributed by atoms with E-state index in [1.807, 2.05) is 52.0 Å². The highest BCUT2D eigenvalue weighted by molar-refractivity contribution is 8.02. The first-order valence-electron chi connectivity index (χ1n) is 7.08. The van der Waals surface area contributed by atoms with E-state index in [4.69, 9.17) is 0 Å². The van der Waals surface area contributed by atoms with Gasteiger partial charge in [0.15, 0.2) is 4.34 Å². The number of thioether (sulfide) groups is 1. The van der Waals surface area contributed by atoms with Crippen molar-refractivity contribution in [2.24, 2.45) is 0 Å². The highest BCUT2D eigenvalue weighted by Gasteiger charge is 2.17. The summed E-state index contributed by atoms with van der Waals surface area (Å²) in [4.78, 5) is 11.9. The molecule has 1 amide bonds. The Balaban J connectivity index is 1.93. The van der Waals surface area contributed by atoms with Crippen LogP contribution < -0.4 is 10.6 Å². The molecule has 0 spiro atoms. The minimum atomic E-state index is -0.192. The van der Waals surface area contributed by atoms with Gasteiger partial charge in [-0.25, -0.2) is 0 Å². The van der Waals surface area contributed by atoms with Crippen LogP contribution in [0, 0.1) is 6.92 Å². The van der Waals surface area contributed by atoms with Gasteiger partial charge in [0, 0.05) is 11.7 Å². The Bertz CT molecular complexity index is 625. The van der Waals surface area contributed by atoms with E-state index in [0.29, 0.717) is 0 Å². The number of carbonyl (C=O) groups excluding carboxylic acids is 1. The van der Waals surface area contributed by atoms with Crippen molar-refractivity contribution in [2.45, 2.75) is 43.3 Å². The summed E-state index contributed by atoms with van der Waals surface area (Å²) in [7, 11) is 0. The van der Waals surface area contributed by atoms with Gasteiger partial charge in [-0.1, -0.05) is 40.8 Å². The molecule has 0 saturated heterocycles. The van der Waals surface area contributed by atoms with Gasteiger partial charge in [-0.3, -0.25) is 4.79 Å². The molecule has 7 heteroatoms. The van der Waals surface area contributed by atoms with E-state index in [1.54, 1.807) is 0 Å². The molecule has 0 aliphatic carbocycles. The van der Waals surface area contributed by atoms with Crippen LogP contribution in [0.15, 0.2) is 28.6 Å². The van der Waals surface area contributed by atoms with Crippen LogP contribution in [0.4, 0.5) is 10.8 Å². The SMILES string of the molecule is Cc1ccc(Nc2nnc(SC(C)C(=O)NC(C)C)s2)cc1. The lowest BCUT2D eigenvalue weighted by Crippen LogP contribution is -2.35. The molecule has 1 aromatic heterocycles. The van der Waals surface area contributed by atoms with Crippen LogP contribution in [0.25, 0.3) is 0 Å².